The highest BCUT2D eigenvalue weighted by Gasteiger charge is 2.54. The highest BCUT2D eigenvalue weighted by molar-refractivity contribution is 7.89. The van der Waals surface area contributed by atoms with Crippen LogP contribution in [0.3, 0.4) is 0 Å². The molecule has 0 amide bonds. The number of nitrogens with one attached hydrogen (secondary N) is 1. The highest BCUT2D eigenvalue weighted by Crippen LogP contribution is 2.49. The summed E-state index contributed by atoms with van der Waals surface area (Å²) in [5.41, 5.74) is -0.599. The first-order valence-corrected chi connectivity index (χ1v) is 8.08. The molecule has 2 rings (SSSR count). The minimum atomic E-state index is -3.39. The number of hydrogen-bond acceptors (Lipinski definition) is 4. The van der Waals surface area contributed by atoms with E-state index in [2.05, 4.69) is 16.4 Å². The second kappa shape index (κ2) is 4.49. The van der Waals surface area contributed by atoms with E-state index in [1.54, 1.807) is 0 Å². The summed E-state index contributed by atoms with van der Waals surface area (Å²) in [6.07, 6.45) is 4.40. The van der Waals surface area contributed by atoms with Crippen molar-refractivity contribution in [3.63, 3.8) is 0 Å². The molecule has 1 N–H and O–H groups in total. The topological polar surface area (TPSA) is 72.5 Å². The van der Waals surface area contributed by atoms with E-state index in [-0.39, 0.29) is 11.2 Å². The van der Waals surface area contributed by atoms with E-state index < -0.39 is 21.4 Å². The van der Waals surface area contributed by atoms with Crippen LogP contribution >= 0.6 is 0 Å². The molecule has 6 heteroatoms. The Bertz CT molecular complexity index is 435. The lowest BCUT2D eigenvalue weighted by Gasteiger charge is -2.16. The van der Waals surface area contributed by atoms with E-state index in [0.29, 0.717) is 19.4 Å². The average Bonchev–Trinajstić information content (AvgIpc) is 3.22. The molecule has 0 aromatic heterocycles. The van der Waals surface area contributed by atoms with E-state index in [1.807, 2.05) is 0 Å². The molecule has 104 valence electrons. The Morgan fingerprint density at radius 3 is 2.28 bits per heavy atom. The minimum Gasteiger partial charge on any atom is -0.469 e. The fourth-order valence-electron chi connectivity index (χ4n) is 2.28. The first-order valence-electron chi connectivity index (χ1n) is 6.43. The van der Waals surface area contributed by atoms with Crippen molar-refractivity contribution in [3.8, 4) is 0 Å². The molecule has 0 aromatic carbocycles. The van der Waals surface area contributed by atoms with Gasteiger partial charge in [0.15, 0.2) is 0 Å². The molecule has 0 aromatic rings. The van der Waals surface area contributed by atoms with Crippen LogP contribution in [0.1, 0.15) is 39.0 Å². The Labute approximate surface area is 108 Å². The summed E-state index contributed by atoms with van der Waals surface area (Å²) in [6.45, 7) is 2.58. The first kappa shape index (κ1) is 13.8. The highest BCUT2D eigenvalue weighted by atomic mass is 32.2. The number of methoxy groups -OCH3 is 1. The predicted octanol–water partition coefficient (Wildman–Crippen LogP) is 1.05. The number of hydrogen-bond donors (Lipinski definition) is 1. The monoisotopic (exact) mass is 275 g/mol. The molecule has 0 saturated heterocycles. The molecule has 2 saturated carbocycles. The van der Waals surface area contributed by atoms with E-state index >= 15 is 0 Å². The maximum atomic E-state index is 12.0. The smallest absolute Gasteiger partial charge is 0.312 e. The zero-order valence-electron chi connectivity index (χ0n) is 11.0. The van der Waals surface area contributed by atoms with Crippen molar-refractivity contribution in [2.24, 2.45) is 10.8 Å². The van der Waals surface area contributed by atoms with Gasteiger partial charge in [-0.3, -0.25) is 4.79 Å². The van der Waals surface area contributed by atoms with Gasteiger partial charge in [0.2, 0.25) is 10.0 Å². The van der Waals surface area contributed by atoms with E-state index in [0.717, 1.165) is 19.3 Å². The van der Waals surface area contributed by atoms with Crippen molar-refractivity contribution in [2.45, 2.75) is 39.0 Å². The second-order valence-electron chi connectivity index (χ2n) is 5.71. The van der Waals surface area contributed by atoms with Gasteiger partial charge in [-0.25, -0.2) is 13.1 Å². The van der Waals surface area contributed by atoms with E-state index in [4.69, 9.17) is 0 Å². The van der Waals surface area contributed by atoms with Gasteiger partial charge in [0.25, 0.3) is 0 Å². The van der Waals surface area contributed by atoms with Crippen molar-refractivity contribution < 1.29 is 17.9 Å². The van der Waals surface area contributed by atoms with E-state index in [9.17, 15) is 13.2 Å². The lowest BCUT2D eigenvalue weighted by Crippen LogP contribution is -2.37. The molecular weight excluding hydrogens is 254 g/mol. The summed E-state index contributed by atoms with van der Waals surface area (Å²) in [7, 11) is -2.08. The van der Waals surface area contributed by atoms with Crippen LogP contribution in [0, 0.1) is 10.8 Å². The summed E-state index contributed by atoms with van der Waals surface area (Å²) in [4.78, 5) is 11.5. The standard InChI is InChI=1S/C12H21NO4S/c1-3-11(4-5-11)8-13-18(15,16)9-12(6-7-12)10(14)17-2/h13H,3-9H2,1-2H3. The molecule has 2 fully saturated rings. The molecule has 0 radical (unpaired) electrons. The van der Waals surface area contributed by atoms with Gasteiger partial charge >= 0.3 is 5.97 Å². The number of sulfonamides is 1. The Morgan fingerprint density at radius 2 is 1.89 bits per heavy atom. The minimum absolute atomic E-state index is 0.132. The average molecular weight is 275 g/mol. The van der Waals surface area contributed by atoms with Crippen LogP contribution in [0.15, 0.2) is 0 Å². The molecule has 18 heavy (non-hydrogen) atoms. The van der Waals surface area contributed by atoms with Crippen molar-refractivity contribution in [2.75, 3.05) is 19.4 Å². The summed E-state index contributed by atoms with van der Waals surface area (Å²) in [5.74, 6) is -0.531. The van der Waals surface area contributed by atoms with Gasteiger partial charge in [0, 0.05) is 6.54 Å². The van der Waals surface area contributed by atoms with Gasteiger partial charge < -0.3 is 4.74 Å². The zero-order valence-corrected chi connectivity index (χ0v) is 11.8. The molecule has 2 aliphatic carbocycles. The molecule has 0 heterocycles. The van der Waals surface area contributed by atoms with Gasteiger partial charge in [-0.2, -0.15) is 0 Å². The largest absolute Gasteiger partial charge is 0.469 e. The Hall–Kier alpha value is -0.620. The lowest BCUT2D eigenvalue weighted by molar-refractivity contribution is -0.146. The van der Waals surface area contributed by atoms with Crippen LogP contribution in [-0.4, -0.2) is 33.8 Å². The maximum absolute atomic E-state index is 12.0. The third kappa shape index (κ3) is 2.85. The molecule has 0 spiro atoms. The van der Waals surface area contributed by atoms with Crippen LogP contribution in [0.4, 0.5) is 0 Å². The van der Waals surface area contributed by atoms with Crippen LogP contribution in [0.2, 0.25) is 0 Å². The van der Waals surface area contributed by atoms with Gasteiger partial charge in [-0.1, -0.05) is 6.92 Å². The third-order valence-electron chi connectivity index (χ3n) is 4.31. The Morgan fingerprint density at radius 1 is 1.28 bits per heavy atom. The number of carbonyl (C=O) groups is 1. The third-order valence-corrected chi connectivity index (χ3v) is 5.83. The second-order valence-corrected chi connectivity index (χ2v) is 7.51. The van der Waals surface area contributed by atoms with Crippen LogP contribution in [0.5, 0.6) is 0 Å². The van der Waals surface area contributed by atoms with Crippen molar-refractivity contribution in [3.05, 3.63) is 0 Å². The van der Waals surface area contributed by atoms with Crippen molar-refractivity contribution in [1.82, 2.24) is 4.72 Å². The summed E-state index contributed by atoms with van der Waals surface area (Å²) >= 11 is 0. The number of carbonyl (C=O) groups excluding carboxylic acids is 1. The predicted molar refractivity (Wildman–Crippen MR) is 67.4 cm³/mol. The normalized spacial score (nSPS) is 23.4. The number of ether oxygens (including phenoxy) is 1. The molecule has 0 bridgehead atoms. The van der Waals surface area contributed by atoms with Gasteiger partial charge in [-0.05, 0) is 37.5 Å². The van der Waals surface area contributed by atoms with Gasteiger partial charge in [-0.15, -0.1) is 0 Å². The van der Waals surface area contributed by atoms with Gasteiger partial charge in [0.1, 0.15) is 0 Å². The van der Waals surface area contributed by atoms with Crippen molar-refractivity contribution in [1.29, 1.82) is 0 Å². The van der Waals surface area contributed by atoms with Gasteiger partial charge in [0.05, 0.1) is 18.3 Å². The molecule has 2 aliphatic rings. The molecule has 0 unspecified atom stereocenters. The molecular formula is C12H21NO4S. The lowest BCUT2D eigenvalue weighted by atomic mass is 10.1. The fourth-order valence-corrected chi connectivity index (χ4v) is 4.05. The quantitative estimate of drug-likeness (QED) is 0.705. The number of rotatable bonds is 7. The summed E-state index contributed by atoms with van der Waals surface area (Å²) in [5, 5.41) is 0. The SMILES string of the molecule is CCC1(CNS(=O)(=O)CC2(C(=O)OC)CC2)CC1. The first-order chi connectivity index (χ1) is 8.37. The Kier molecular flexibility index (Phi) is 3.44. The van der Waals surface area contributed by atoms with Crippen LogP contribution < -0.4 is 4.72 Å². The number of esters is 1. The zero-order chi connectivity index (χ0) is 13.4. The van der Waals surface area contributed by atoms with E-state index in [1.165, 1.54) is 7.11 Å². The maximum Gasteiger partial charge on any atom is 0.312 e. The van der Waals surface area contributed by atoms with Crippen LogP contribution in [0.25, 0.3) is 0 Å². The Balaban J connectivity index is 1.90. The molecule has 0 aliphatic heterocycles. The molecule has 0 atom stereocenters. The molecule has 5 nitrogen and oxygen atoms in total. The van der Waals surface area contributed by atoms with Crippen LogP contribution in [-0.2, 0) is 19.6 Å². The summed E-state index contributed by atoms with van der Waals surface area (Å²) < 4.78 is 31.3. The summed E-state index contributed by atoms with van der Waals surface area (Å²) in [6, 6.07) is 0. The van der Waals surface area contributed by atoms with Crippen molar-refractivity contribution >= 4 is 16.0 Å². The fraction of sp³-hybridized carbons (Fsp3) is 0.917.